The fourth-order valence-electron chi connectivity index (χ4n) is 3.20. The lowest BCUT2D eigenvalue weighted by Crippen LogP contribution is -2.10. The molecule has 4 rings (SSSR count). The summed E-state index contributed by atoms with van der Waals surface area (Å²) in [7, 11) is 0. The van der Waals surface area contributed by atoms with Gasteiger partial charge in [0, 0.05) is 16.1 Å². The van der Waals surface area contributed by atoms with Crippen molar-refractivity contribution in [2.24, 2.45) is 5.73 Å². The van der Waals surface area contributed by atoms with Gasteiger partial charge in [-0.05, 0) is 44.2 Å². The first-order chi connectivity index (χ1) is 12.0. The zero-order valence-corrected chi connectivity index (χ0v) is 14.5. The molecular formula is C19H15ClN4O. The van der Waals surface area contributed by atoms with Crippen LogP contribution in [0.15, 0.2) is 42.5 Å². The molecule has 2 N–H and O–H groups in total. The molecule has 25 heavy (non-hydrogen) atoms. The van der Waals surface area contributed by atoms with Crippen LogP contribution in [0, 0.1) is 13.8 Å². The number of halogens is 1. The van der Waals surface area contributed by atoms with Gasteiger partial charge in [-0.2, -0.15) is 0 Å². The van der Waals surface area contributed by atoms with Crippen molar-refractivity contribution >= 4 is 34.1 Å². The monoisotopic (exact) mass is 350 g/mol. The SMILES string of the molecule is Cc1nc(-c2cccc(C(N)=O)c2)n2c1c(C)nc1ccc(Cl)cc12. The highest BCUT2D eigenvalue weighted by atomic mass is 35.5. The van der Waals surface area contributed by atoms with Crippen molar-refractivity contribution in [3.63, 3.8) is 0 Å². The first kappa shape index (κ1) is 15.6. The van der Waals surface area contributed by atoms with E-state index < -0.39 is 5.91 Å². The third-order valence-electron chi connectivity index (χ3n) is 4.27. The lowest BCUT2D eigenvalue weighted by molar-refractivity contribution is 0.100. The number of rotatable bonds is 2. The maximum absolute atomic E-state index is 11.5. The van der Waals surface area contributed by atoms with Crippen molar-refractivity contribution < 1.29 is 4.79 Å². The fraction of sp³-hybridized carbons (Fsp3) is 0.105. The van der Waals surface area contributed by atoms with E-state index in [0.29, 0.717) is 10.6 Å². The third-order valence-corrected chi connectivity index (χ3v) is 4.50. The van der Waals surface area contributed by atoms with Gasteiger partial charge >= 0.3 is 0 Å². The van der Waals surface area contributed by atoms with E-state index in [0.717, 1.165) is 39.3 Å². The largest absolute Gasteiger partial charge is 0.366 e. The van der Waals surface area contributed by atoms with Gasteiger partial charge in [-0.25, -0.2) is 9.97 Å². The van der Waals surface area contributed by atoms with Crippen LogP contribution in [0.25, 0.3) is 27.9 Å². The van der Waals surface area contributed by atoms with Gasteiger partial charge in [0.15, 0.2) is 0 Å². The topological polar surface area (TPSA) is 73.3 Å². The van der Waals surface area contributed by atoms with Crippen LogP contribution in [-0.4, -0.2) is 20.3 Å². The van der Waals surface area contributed by atoms with Crippen LogP contribution in [0.1, 0.15) is 21.7 Å². The summed E-state index contributed by atoms with van der Waals surface area (Å²) in [6, 6.07) is 12.7. The molecule has 5 nitrogen and oxygen atoms in total. The first-order valence-corrected chi connectivity index (χ1v) is 8.18. The number of hydrogen-bond donors (Lipinski definition) is 1. The Bertz CT molecular complexity index is 1160. The highest BCUT2D eigenvalue weighted by Crippen LogP contribution is 2.29. The molecule has 1 amide bonds. The zero-order valence-electron chi connectivity index (χ0n) is 13.7. The van der Waals surface area contributed by atoms with Crippen LogP contribution in [0.4, 0.5) is 0 Å². The third kappa shape index (κ3) is 2.44. The molecule has 2 heterocycles. The van der Waals surface area contributed by atoms with Gasteiger partial charge in [0.25, 0.3) is 0 Å². The molecule has 4 aromatic rings. The van der Waals surface area contributed by atoms with Gasteiger partial charge in [-0.3, -0.25) is 9.20 Å². The van der Waals surface area contributed by atoms with E-state index in [9.17, 15) is 4.79 Å². The Hall–Kier alpha value is -2.92. The quantitative estimate of drug-likeness (QED) is 0.595. The predicted molar refractivity (Wildman–Crippen MR) is 98.9 cm³/mol. The lowest BCUT2D eigenvalue weighted by Gasteiger charge is -2.09. The number of aryl methyl sites for hydroxylation is 2. The maximum atomic E-state index is 11.5. The number of benzene rings is 2. The Morgan fingerprint density at radius 2 is 1.84 bits per heavy atom. The molecule has 0 spiro atoms. The van der Waals surface area contributed by atoms with Gasteiger partial charge in [0.2, 0.25) is 5.91 Å². The molecule has 2 aromatic heterocycles. The predicted octanol–water partition coefficient (Wildman–Crippen LogP) is 3.92. The molecule has 0 aliphatic carbocycles. The lowest BCUT2D eigenvalue weighted by atomic mass is 10.1. The number of carbonyl (C=O) groups is 1. The average Bonchev–Trinajstić information content (AvgIpc) is 2.94. The van der Waals surface area contributed by atoms with E-state index in [1.165, 1.54) is 0 Å². The van der Waals surface area contributed by atoms with Crippen molar-refractivity contribution in [2.75, 3.05) is 0 Å². The number of imidazole rings is 1. The summed E-state index contributed by atoms with van der Waals surface area (Å²) in [6.07, 6.45) is 0. The number of fused-ring (bicyclic) bond motifs is 3. The number of carbonyl (C=O) groups excluding carboxylic acids is 1. The highest BCUT2D eigenvalue weighted by molar-refractivity contribution is 6.31. The second kappa shape index (κ2) is 5.57. The first-order valence-electron chi connectivity index (χ1n) is 7.81. The summed E-state index contributed by atoms with van der Waals surface area (Å²) in [5.41, 5.74) is 11.1. The van der Waals surface area contributed by atoms with Crippen LogP contribution in [-0.2, 0) is 0 Å². The Labute approximate surface area is 149 Å². The van der Waals surface area contributed by atoms with Crippen molar-refractivity contribution in [2.45, 2.75) is 13.8 Å². The molecule has 124 valence electrons. The number of nitrogens with zero attached hydrogens (tertiary/aromatic N) is 3. The van der Waals surface area contributed by atoms with Crippen LogP contribution in [0.3, 0.4) is 0 Å². The van der Waals surface area contributed by atoms with Gasteiger partial charge in [-0.1, -0.05) is 23.7 Å². The summed E-state index contributed by atoms with van der Waals surface area (Å²) in [6.45, 7) is 3.91. The highest BCUT2D eigenvalue weighted by Gasteiger charge is 2.17. The van der Waals surface area contributed by atoms with Crippen molar-refractivity contribution in [1.82, 2.24) is 14.4 Å². The summed E-state index contributed by atoms with van der Waals surface area (Å²) in [5.74, 6) is 0.263. The minimum atomic E-state index is -0.467. The van der Waals surface area contributed by atoms with E-state index in [1.807, 2.05) is 42.5 Å². The molecule has 2 aromatic carbocycles. The standard InChI is InChI=1S/C19H15ClN4O/c1-10-17-11(2)23-19(13-5-3-4-12(8-13)18(21)25)24(17)16-9-14(20)6-7-15(16)22-10/h3-9H,1-2H3,(H2,21,25). The van der Waals surface area contributed by atoms with E-state index in [1.54, 1.807) is 18.2 Å². The Morgan fingerprint density at radius 1 is 1.08 bits per heavy atom. The van der Waals surface area contributed by atoms with Crippen LogP contribution < -0.4 is 5.73 Å². The van der Waals surface area contributed by atoms with Gasteiger partial charge in [0.05, 0.1) is 27.9 Å². The maximum Gasteiger partial charge on any atom is 0.248 e. The second-order valence-corrected chi connectivity index (χ2v) is 6.42. The number of aromatic nitrogens is 3. The molecule has 0 saturated carbocycles. The smallest absolute Gasteiger partial charge is 0.248 e. The van der Waals surface area contributed by atoms with E-state index >= 15 is 0 Å². The number of nitrogens with two attached hydrogens (primary N) is 1. The minimum absolute atomic E-state index is 0.444. The molecule has 0 saturated heterocycles. The van der Waals surface area contributed by atoms with Gasteiger partial charge in [-0.15, -0.1) is 0 Å². The normalized spacial score (nSPS) is 11.3. The molecule has 0 aliphatic heterocycles. The van der Waals surface area contributed by atoms with E-state index in [4.69, 9.17) is 22.3 Å². The molecule has 0 unspecified atom stereocenters. The molecule has 0 radical (unpaired) electrons. The molecule has 0 fully saturated rings. The molecule has 6 heteroatoms. The summed E-state index contributed by atoms with van der Waals surface area (Å²) in [4.78, 5) is 20.9. The number of hydrogen-bond acceptors (Lipinski definition) is 3. The second-order valence-electron chi connectivity index (χ2n) is 5.98. The Balaban J connectivity index is 2.15. The number of amides is 1. The molecule has 0 aliphatic rings. The molecule has 0 atom stereocenters. The van der Waals surface area contributed by atoms with Crippen LogP contribution in [0.2, 0.25) is 5.02 Å². The van der Waals surface area contributed by atoms with Crippen molar-refractivity contribution in [3.05, 3.63) is 64.4 Å². The van der Waals surface area contributed by atoms with Gasteiger partial charge < -0.3 is 5.73 Å². The van der Waals surface area contributed by atoms with Crippen LogP contribution >= 0.6 is 11.6 Å². The van der Waals surface area contributed by atoms with Crippen molar-refractivity contribution in [1.29, 1.82) is 0 Å². The van der Waals surface area contributed by atoms with E-state index in [2.05, 4.69) is 4.98 Å². The Morgan fingerprint density at radius 3 is 2.60 bits per heavy atom. The fourth-order valence-corrected chi connectivity index (χ4v) is 3.36. The molecule has 0 bridgehead atoms. The van der Waals surface area contributed by atoms with Crippen LogP contribution in [0.5, 0.6) is 0 Å². The van der Waals surface area contributed by atoms with Gasteiger partial charge in [0.1, 0.15) is 5.82 Å². The number of primary amides is 1. The zero-order chi connectivity index (χ0) is 17.7. The Kier molecular flexibility index (Phi) is 3.47. The molecular weight excluding hydrogens is 336 g/mol. The summed E-state index contributed by atoms with van der Waals surface area (Å²) >= 11 is 6.21. The summed E-state index contributed by atoms with van der Waals surface area (Å²) < 4.78 is 2.04. The summed E-state index contributed by atoms with van der Waals surface area (Å²) in [5, 5.41) is 0.627. The minimum Gasteiger partial charge on any atom is -0.366 e. The van der Waals surface area contributed by atoms with E-state index in [-0.39, 0.29) is 0 Å². The van der Waals surface area contributed by atoms with Crippen molar-refractivity contribution in [3.8, 4) is 11.4 Å². The average molecular weight is 351 g/mol.